The molecule has 0 aliphatic carbocycles. The van der Waals surface area contributed by atoms with Crippen LogP contribution in [0.15, 0.2) is 0 Å². The lowest BCUT2D eigenvalue weighted by Gasteiger charge is -2.06. The van der Waals surface area contributed by atoms with E-state index in [1.165, 1.54) is 0 Å². The molecule has 0 spiro atoms. The Hall–Kier alpha value is -1.05. The van der Waals surface area contributed by atoms with Gasteiger partial charge in [-0.15, -0.1) is 0 Å². The SMILES string of the molecule is CC#CC(=O)NCCNCC(C)O. The molecular formula is C9H16N2O2. The minimum Gasteiger partial charge on any atom is -0.392 e. The summed E-state index contributed by atoms with van der Waals surface area (Å²) in [6.07, 6.45) is -0.355. The molecule has 0 heterocycles. The van der Waals surface area contributed by atoms with Gasteiger partial charge in [-0.1, -0.05) is 5.92 Å². The van der Waals surface area contributed by atoms with E-state index in [1.54, 1.807) is 13.8 Å². The number of nitrogens with one attached hydrogen (secondary N) is 2. The second kappa shape index (κ2) is 7.59. The fraction of sp³-hybridized carbons (Fsp3) is 0.667. The number of carbonyl (C=O) groups excluding carboxylic acids is 1. The number of aliphatic hydroxyl groups is 1. The zero-order chi connectivity index (χ0) is 10.1. The molecule has 0 radical (unpaired) electrons. The summed E-state index contributed by atoms with van der Waals surface area (Å²) in [6, 6.07) is 0. The zero-order valence-corrected chi connectivity index (χ0v) is 8.05. The Kier molecular flexibility index (Phi) is 6.98. The lowest BCUT2D eigenvalue weighted by atomic mass is 10.4. The molecule has 0 aromatic heterocycles. The van der Waals surface area contributed by atoms with Crippen molar-refractivity contribution in [3.63, 3.8) is 0 Å². The number of hydrogen-bond donors (Lipinski definition) is 3. The molecule has 3 N–H and O–H groups in total. The van der Waals surface area contributed by atoms with E-state index in [2.05, 4.69) is 22.5 Å². The summed E-state index contributed by atoms with van der Waals surface area (Å²) in [4.78, 5) is 10.8. The van der Waals surface area contributed by atoms with Crippen molar-refractivity contribution >= 4 is 5.91 Å². The van der Waals surface area contributed by atoms with Gasteiger partial charge in [0.15, 0.2) is 0 Å². The van der Waals surface area contributed by atoms with E-state index in [-0.39, 0.29) is 12.0 Å². The van der Waals surface area contributed by atoms with E-state index in [1.807, 2.05) is 0 Å². The predicted molar refractivity (Wildman–Crippen MR) is 51.0 cm³/mol. The van der Waals surface area contributed by atoms with Crippen LogP contribution in [0.3, 0.4) is 0 Å². The van der Waals surface area contributed by atoms with Crippen molar-refractivity contribution in [2.45, 2.75) is 20.0 Å². The normalized spacial score (nSPS) is 11.3. The number of carbonyl (C=O) groups is 1. The number of rotatable bonds is 5. The first-order valence-electron chi connectivity index (χ1n) is 4.26. The molecule has 0 saturated heterocycles. The standard InChI is InChI=1S/C9H16N2O2/c1-3-4-9(13)11-6-5-10-7-8(2)12/h8,10,12H,5-7H2,1-2H3,(H,11,13). The van der Waals surface area contributed by atoms with Gasteiger partial charge in [0.2, 0.25) is 0 Å². The maximum absolute atomic E-state index is 10.8. The van der Waals surface area contributed by atoms with Crippen LogP contribution in [-0.4, -0.2) is 36.8 Å². The molecule has 13 heavy (non-hydrogen) atoms. The summed E-state index contributed by atoms with van der Waals surface area (Å²) in [5.41, 5.74) is 0. The van der Waals surface area contributed by atoms with Crippen LogP contribution in [0, 0.1) is 11.8 Å². The second-order valence-corrected chi connectivity index (χ2v) is 2.68. The zero-order valence-electron chi connectivity index (χ0n) is 8.05. The number of aliphatic hydroxyl groups excluding tert-OH is 1. The van der Waals surface area contributed by atoms with Gasteiger partial charge < -0.3 is 15.7 Å². The quantitative estimate of drug-likeness (QED) is 0.383. The first-order chi connectivity index (χ1) is 6.16. The third-order valence-corrected chi connectivity index (χ3v) is 1.27. The molecule has 1 amide bonds. The molecule has 0 fully saturated rings. The summed E-state index contributed by atoms with van der Waals surface area (Å²) >= 11 is 0. The van der Waals surface area contributed by atoms with Gasteiger partial charge >= 0.3 is 0 Å². The molecule has 0 aliphatic rings. The summed E-state index contributed by atoms with van der Waals surface area (Å²) in [5, 5.41) is 14.4. The second-order valence-electron chi connectivity index (χ2n) is 2.68. The Labute approximate surface area is 78.7 Å². The van der Waals surface area contributed by atoms with Crippen molar-refractivity contribution < 1.29 is 9.90 Å². The maximum atomic E-state index is 10.8. The fourth-order valence-electron chi connectivity index (χ4n) is 0.733. The van der Waals surface area contributed by atoms with Crippen LogP contribution in [-0.2, 0) is 4.79 Å². The molecule has 0 rings (SSSR count). The van der Waals surface area contributed by atoms with Gasteiger partial charge in [0.05, 0.1) is 6.10 Å². The topological polar surface area (TPSA) is 61.4 Å². The fourth-order valence-corrected chi connectivity index (χ4v) is 0.733. The van der Waals surface area contributed by atoms with E-state index in [0.29, 0.717) is 19.6 Å². The first kappa shape index (κ1) is 11.9. The Morgan fingerprint density at radius 2 is 2.23 bits per heavy atom. The smallest absolute Gasteiger partial charge is 0.295 e. The van der Waals surface area contributed by atoms with Crippen molar-refractivity contribution in [3.8, 4) is 11.8 Å². The van der Waals surface area contributed by atoms with E-state index in [0.717, 1.165) is 0 Å². The predicted octanol–water partition coefficient (Wildman–Crippen LogP) is -0.904. The minimum atomic E-state index is -0.355. The molecule has 0 aromatic carbocycles. The highest BCUT2D eigenvalue weighted by Gasteiger charge is 1.95. The average molecular weight is 184 g/mol. The Balaban J connectivity index is 3.24. The molecule has 0 saturated carbocycles. The summed E-state index contributed by atoms with van der Waals surface area (Å²) in [6.45, 7) is 5.02. The van der Waals surface area contributed by atoms with Crippen molar-refractivity contribution in [1.82, 2.24) is 10.6 Å². The lowest BCUT2D eigenvalue weighted by molar-refractivity contribution is -0.115. The minimum absolute atomic E-state index is 0.263. The third kappa shape index (κ3) is 8.86. The van der Waals surface area contributed by atoms with Gasteiger partial charge in [-0.2, -0.15) is 0 Å². The molecule has 4 nitrogen and oxygen atoms in total. The molecular weight excluding hydrogens is 168 g/mol. The highest BCUT2D eigenvalue weighted by Crippen LogP contribution is 1.72. The number of amides is 1. The van der Waals surface area contributed by atoms with Crippen LogP contribution in [0.5, 0.6) is 0 Å². The molecule has 0 bridgehead atoms. The highest BCUT2D eigenvalue weighted by molar-refractivity contribution is 5.93. The molecule has 0 aromatic rings. The van der Waals surface area contributed by atoms with Crippen LogP contribution < -0.4 is 10.6 Å². The van der Waals surface area contributed by atoms with Crippen molar-refractivity contribution in [2.24, 2.45) is 0 Å². The van der Waals surface area contributed by atoms with Crippen molar-refractivity contribution in [1.29, 1.82) is 0 Å². The van der Waals surface area contributed by atoms with Crippen molar-refractivity contribution in [3.05, 3.63) is 0 Å². The molecule has 4 heteroatoms. The Bertz CT molecular complexity index is 203. The van der Waals surface area contributed by atoms with Crippen molar-refractivity contribution in [2.75, 3.05) is 19.6 Å². The Morgan fingerprint density at radius 1 is 1.54 bits per heavy atom. The van der Waals surface area contributed by atoms with Gasteiger partial charge in [0, 0.05) is 19.6 Å². The summed E-state index contributed by atoms with van der Waals surface area (Å²) < 4.78 is 0. The summed E-state index contributed by atoms with van der Waals surface area (Å²) in [7, 11) is 0. The third-order valence-electron chi connectivity index (χ3n) is 1.27. The maximum Gasteiger partial charge on any atom is 0.295 e. The van der Waals surface area contributed by atoms with Gasteiger partial charge in [0.1, 0.15) is 0 Å². The van der Waals surface area contributed by atoms with Crippen LogP contribution in [0.25, 0.3) is 0 Å². The van der Waals surface area contributed by atoms with Gasteiger partial charge in [-0.3, -0.25) is 4.79 Å². The van der Waals surface area contributed by atoms with E-state index < -0.39 is 0 Å². The van der Waals surface area contributed by atoms with Crippen LogP contribution >= 0.6 is 0 Å². The monoisotopic (exact) mass is 184 g/mol. The Morgan fingerprint density at radius 3 is 2.77 bits per heavy atom. The molecule has 0 aliphatic heterocycles. The highest BCUT2D eigenvalue weighted by atomic mass is 16.3. The largest absolute Gasteiger partial charge is 0.392 e. The van der Waals surface area contributed by atoms with E-state index in [9.17, 15) is 4.79 Å². The molecule has 1 unspecified atom stereocenters. The van der Waals surface area contributed by atoms with Crippen LogP contribution in [0.1, 0.15) is 13.8 Å². The molecule has 74 valence electrons. The van der Waals surface area contributed by atoms with Gasteiger partial charge in [0.25, 0.3) is 5.91 Å². The van der Waals surface area contributed by atoms with Crippen LogP contribution in [0.2, 0.25) is 0 Å². The molecule has 1 atom stereocenters. The van der Waals surface area contributed by atoms with E-state index >= 15 is 0 Å². The summed E-state index contributed by atoms with van der Waals surface area (Å²) in [5.74, 6) is 4.61. The van der Waals surface area contributed by atoms with Crippen LogP contribution in [0.4, 0.5) is 0 Å². The van der Waals surface area contributed by atoms with E-state index in [4.69, 9.17) is 5.11 Å². The number of hydrogen-bond acceptors (Lipinski definition) is 3. The lowest BCUT2D eigenvalue weighted by Crippen LogP contribution is -2.33. The van der Waals surface area contributed by atoms with Gasteiger partial charge in [-0.05, 0) is 19.8 Å². The average Bonchev–Trinajstić information content (AvgIpc) is 2.03. The first-order valence-corrected chi connectivity index (χ1v) is 4.26. The van der Waals surface area contributed by atoms with Gasteiger partial charge in [-0.25, -0.2) is 0 Å².